The highest BCUT2D eigenvalue weighted by molar-refractivity contribution is 5.94. The fourth-order valence-corrected chi connectivity index (χ4v) is 3.80. The van der Waals surface area contributed by atoms with Crippen molar-refractivity contribution in [2.45, 2.75) is 52.6 Å². The predicted octanol–water partition coefficient (Wildman–Crippen LogP) is 3.92. The van der Waals surface area contributed by atoms with Crippen LogP contribution in [0.25, 0.3) is 11.3 Å². The van der Waals surface area contributed by atoms with E-state index in [-0.39, 0.29) is 41.5 Å². The highest BCUT2D eigenvalue weighted by atomic mass is 19.1. The number of methoxy groups -OCH3 is 2. The Bertz CT molecular complexity index is 1080. The number of carbonyl (C=O) groups excluding carboxylic acids is 1. The summed E-state index contributed by atoms with van der Waals surface area (Å²) in [6, 6.07) is 3.09. The smallest absolute Gasteiger partial charge is 0.197 e. The van der Waals surface area contributed by atoms with Gasteiger partial charge in [0.25, 0.3) is 0 Å². The van der Waals surface area contributed by atoms with Crippen molar-refractivity contribution >= 4 is 5.78 Å². The molecule has 0 bridgehead atoms. The average Bonchev–Trinajstić information content (AvgIpc) is 2.76. The number of ketones is 1. The molecule has 7 nitrogen and oxygen atoms in total. The minimum absolute atomic E-state index is 0.0489. The number of rotatable bonds is 9. The second kappa shape index (κ2) is 9.32. The fraction of sp³-hybridized carbons (Fsp3) is 0.500. The van der Waals surface area contributed by atoms with E-state index in [9.17, 15) is 9.59 Å². The van der Waals surface area contributed by atoms with Gasteiger partial charge in [-0.15, -0.1) is 0 Å². The Kier molecular flexibility index (Phi) is 6.93. The second-order valence-corrected chi connectivity index (χ2v) is 8.50. The van der Waals surface area contributed by atoms with Gasteiger partial charge in [0, 0.05) is 43.5 Å². The van der Waals surface area contributed by atoms with E-state index in [1.165, 1.54) is 20.1 Å². The lowest BCUT2D eigenvalue weighted by Crippen LogP contribution is -2.52. The van der Waals surface area contributed by atoms with Gasteiger partial charge in [-0.05, 0) is 33.3 Å². The van der Waals surface area contributed by atoms with Crippen LogP contribution in [0.4, 0.5) is 4.39 Å². The Morgan fingerprint density at radius 2 is 1.94 bits per heavy atom. The van der Waals surface area contributed by atoms with Gasteiger partial charge in [-0.25, -0.2) is 4.39 Å². The molecule has 0 atom stereocenters. The summed E-state index contributed by atoms with van der Waals surface area (Å²) in [5.41, 5.74) is 0.792. The van der Waals surface area contributed by atoms with Crippen molar-refractivity contribution in [3.05, 3.63) is 45.5 Å². The molecule has 2 aromatic rings. The van der Waals surface area contributed by atoms with Crippen molar-refractivity contribution in [3.63, 3.8) is 0 Å². The number of benzene rings is 1. The zero-order valence-corrected chi connectivity index (χ0v) is 19.6. The number of nitrogens with zero attached hydrogens (tertiary/aromatic N) is 2. The first-order valence-electron chi connectivity index (χ1n) is 10.7. The quantitative estimate of drug-likeness (QED) is 0.430. The Labute approximate surface area is 187 Å². The molecular formula is C24H31FN2O5. The second-order valence-electron chi connectivity index (χ2n) is 8.50. The number of hydrogen-bond acceptors (Lipinski definition) is 6. The first kappa shape index (κ1) is 23.8. The highest BCUT2D eigenvalue weighted by Gasteiger charge is 2.35. The molecule has 2 heterocycles. The van der Waals surface area contributed by atoms with Crippen LogP contribution < -0.4 is 19.9 Å². The van der Waals surface area contributed by atoms with Crippen molar-refractivity contribution in [2.24, 2.45) is 0 Å². The number of fused-ring (bicyclic) bond motifs is 3. The number of halogens is 1. The van der Waals surface area contributed by atoms with E-state index in [0.29, 0.717) is 29.8 Å². The van der Waals surface area contributed by atoms with Crippen LogP contribution in [0.1, 0.15) is 56.5 Å². The number of hydrogen-bond donors (Lipinski definition) is 0. The van der Waals surface area contributed by atoms with Crippen molar-refractivity contribution < 1.29 is 23.4 Å². The van der Waals surface area contributed by atoms with Crippen LogP contribution in [0.2, 0.25) is 0 Å². The molecule has 0 saturated carbocycles. The molecule has 8 heteroatoms. The van der Waals surface area contributed by atoms with E-state index >= 15 is 4.39 Å². The van der Waals surface area contributed by atoms with Crippen LogP contribution >= 0.6 is 0 Å². The molecule has 0 radical (unpaired) electrons. The minimum Gasteiger partial charge on any atom is -0.493 e. The molecule has 1 aliphatic rings. The SMILES string of the molecule is CCC(C)(C)N1Cc2c(cc(OC)c(OCCCOC)c2F)-c2cc(=O)c(C(C)=O)cn21. The Morgan fingerprint density at radius 1 is 1.22 bits per heavy atom. The number of ether oxygens (including phenoxy) is 3. The third kappa shape index (κ3) is 4.24. The third-order valence-electron chi connectivity index (χ3n) is 6.07. The van der Waals surface area contributed by atoms with Crippen LogP contribution in [0, 0.1) is 5.82 Å². The molecular weight excluding hydrogens is 415 g/mol. The van der Waals surface area contributed by atoms with E-state index in [4.69, 9.17) is 14.2 Å². The maximum Gasteiger partial charge on any atom is 0.197 e. The molecule has 0 fully saturated rings. The predicted molar refractivity (Wildman–Crippen MR) is 121 cm³/mol. The van der Waals surface area contributed by atoms with E-state index in [1.807, 2.05) is 25.8 Å². The molecule has 0 spiro atoms. The first-order valence-corrected chi connectivity index (χ1v) is 10.7. The van der Waals surface area contributed by atoms with E-state index in [2.05, 4.69) is 0 Å². The van der Waals surface area contributed by atoms with Gasteiger partial charge < -0.3 is 19.2 Å². The molecule has 174 valence electrons. The molecule has 1 aliphatic heterocycles. The molecule has 0 N–H and O–H groups in total. The van der Waals surface area contributed by atoms with Crippen LogP contribution in [0.15, 0.2) is 23.1 Å². The maximum absolute atomic E-state index is 15.8. The summed E-state index contributed by atoms with van der Waals surface area (Å²) >= 11 is 0. The molecule has 0 unspecified atom stereocenters. The topological polar surface area (TPSA) is 70.0 Å². The van der Waals surface area contributed by atoms with Crippen LogP contribution in [0.3, 0.4) is 0 Å². The Balaban J connectivity index is 2.23. The summed E-state index contributed by atoms with van der Waals surface area (Å²) < 4.78 is 33.7. The van der Waals surface area contributed by atoms with Crippen LogP contribution in [-0.2, 0) is 11.3 Å². The van der Waals surface area contributed by atoms with Gasteiger partial charge in [-0.2, -0.15) is 0 Å². The fourth-order valence-electron chi connectivity index (χ4n) is 3.80. The first-order chi connectivity index (χ1) is 15.2. The summed E-state index contributed by atoms with van der Waals surface area (Å²) in [4.78, 5) is 24.7. The van der Waals surface area contributed by atoms with Crippen molar-refractivity contribution in [3.8, 4) is 22.8 Å². The monoisotopic (exact) mass is 446 g/mol. The van der Waals surface area contributed by atoms with Crippen molar-refractivity contribution in [1.82, 2.24) is 4.68 Å². The highest BCUT2D eigenvalue weighted by Crippen LogP contribution is 2.42. The largest absolute Gasteiger partial charge is 0.493 e. The van der Waals surface area contributed by atoms with Gasteiger partial charge >= 0.3 is 0 Å². The van der Waals surface area contributed by atoms with Crippen molar-refractivity contribution in [1.29, 1.82) is 0 Å². The van der Waals surface area contributed by atoms with Gasteiger partial charge in [0.15, 0.2) is 28.5 Å². The van der Waals surface area contributed by atoms with E-state index in [1.54, 1.807) is 24.0 Å². The lowest BCUT2D eigenvalue weighted by Gasteiger charge is -2.45. The number of Topliss-reactive ketones (excluding diaryl/α,β-unsaturated/α-hetero) is 1. The lowest BCUT2D eigenvalue weighted by molar-refractivity contribution is 0.101. The van der Waals surface area contributed by atoms with Crippen LogP contribution in [0.5, 0.6) is 11.5 Å². The van der Waals surface area contributed by atoms with Gasteiger partial charge in [-0.1, -0.05) is 6.92 Å². The van der Waals surface area contributed by atoms with Gasteiger partial charge in [0.1, 0.15) is 0 Å². The molecule has 1 aromatic heterocycles. The van der Waals surface area contributed by atoms with Crippen molar-refractivity contribution in [2.75, 3.05) is 32.4 Å². The summed E-state index contributed by atoms with van der Waals surface area (Å²) in [7, 11) is 3.05. The van der Waals surface area contributed by atoms with Gasteiger partial charge in [0.2, 0.25) is 0 Å². The van der Waals surface area contributed by atoms with Gasteiger partial charge in [-0.3, -0.25) is 14.3 Å². The normalized spacial score (nSPS) is 12.9. The lowest BCUT2D eigenvalue weighted by atomic mass is 9.94. The summed E-state index contributed by atoms with van der Waals surface area (Å²) in [6.07, 6.45) is 2.93. The molecule has 3 rings (SSSR count). The molecule has 0 saturated heterocycles. The van der Waals surface area contributed by atoms with Gasteiger partial charge in [0.05, 0.1) is 37.1 Å². The Hall–Kier alpha value is -2.87. The number of carbonyl (C=O) groups is 1. The standard InChI is InChI=1S/C24H31FN2O5/c1-7-24(3,4)27-14-18-16(19-12-20(29)17(15(2)28)13-26(19)27)11-21(31-6)23(22(18)25)32-10-8-9-30-5/h11-13H,7-10,14H2,1-6H3. The zero-order valence-electron chi connectivity index (χ0n) is 19.6. The summed E-state index contributed by atoms with van der Waals surface area (Å²) in [6.45, 7) is 8.51. The summed E-state index contributed by atoms with van der Waals surface area (Å²) in [5.74, 6) is -0.527. The van der Waals surface area contributed by atoms with Crippen LogP contribution in [-0.4, -0.2) is 43.4 Å². The average molecular weight is 447 g/mol. The number of pyridine rings is 1. The third-order valence-corrected chi connectivity index (χ3v) is 6.07. The zero-order chi connectivity index (χ0) is 23.6. The maximum atomic E-state index is 15.8. The number of aromatic nitrogens is 1. The molecule has 0 amide bonds. The summed E-state index contributed by atoms with van der Waals surface area (Å²) in [5, 5.41) is 1.97. The minimum atomic E-state index is -0.511. The molecule has 0 aliphatic carbocycles. The van der Waals surface area contributed by atoms with E-state index < -0.39 is 11.2 Å². The molecule has 32 heavy (non-hydrogen) atoms. The Morgan fingerprint density at radius 3 is 2.53 bits per heavy atom. The molecule has 1 aromatic carbocycles. The van der Waals surface area contributed by atoms with E-state index in [0.717, 1.165) is 6.42 Å².